The van der Waals surface area contributed by atoms with E-state index in [1.807, 2.05) is 6.92 Å². The van der Waals surface area contributed by atoms with Gasteiger partial charge >= 0.3 is 5.97 Å². The van der Waals surface area contributed by atoms with E-state index in [0.29, 0.717) is 5.78 Å². The molecule has 0 aromatic rings. The second-order valence-corrected chi connectivity index (χ2v) is 4.66. The molecular weight excluding hydrogens is 204 g/mol. The van der Waals surface area contributed by atoms with Gasteiger partial charge in [-0.1, -0.05) is 19.4 Å². The molecule has 0 heterocycles. The number of carbonyl (C=O) groups is 2. The normalized spacial score (nSPS) is 26.0. The molecule has 0 aliphatic heterocycles. The van der Waals surface area contributed by atoms with Crippen LogP contribution in [0.3, 0.4) is 0 Å². The maximum atomic E-state index is 11.8. The Kier molecular flexibility index (Phi) is 4.71. The van der Waals surface area contributed by atoms with E-state index in [1.54, 1.807) is 6.08 Å². The summed E-state index contributed by atoms with van der Waals surface area (Å²) >= 11 is 0. The number of carbonyl (C=O) groups excluding carboxylic acids is 2. The summed E-state index contributed by atoms with van der Waals surface area (Å²) in [5.74, 6) is 0.0466. The lowest BCUT2D eigenvalue weighted by Gasteiger charge is -2.31. The van der Waals surface area contributed by atoms with Crippen LogP contribution < -0.4 is 0 Å². The minimum Gasteiger partial charge on any atom is -0.466 e. The van der Waals surface area contributed by atoms with E-state index in [4.69, 9.17) is 0 Å². The minimum atomic E-state index is -0.333. The van der Waals surface area contributed by atoms with Crippen LogP contribution in [0.2, 0.25) is 0 Å². The Bertz CT molecular complexity index is 294. The zero-order valence-corrected chi connectivity index (χ0v) is 10.1. The van der Waals surface area contributed by atoms with Gasteiger partial charge in [0.1, 0.15) is 5.78 Å². The van der Waals surface area contributed by atoms with Crippen LogP contribution in [-0.2, 0) is 14.3 Å². The van der Waals surface area contributed by atoms with Crippen LogP contribution in [0, 0.1) is 5.41 Å². The second-order valence-electron chi connectivity index (χ2n) is 4.66. The summed E-state index contributed by atoms with van der Waals surface area (Å²) in [5, 5.41) is 0. The zero-order valence-electron chi connectivity index (χ0n) is 10.1. The van der Waals surface area contributed by atoms with E-state index in [-0.39, 0.29) is 11.4 Å². The summed E-state index contributed by atoms with van der Waals surface area (Å²) in [6, 6.07) is 0. The molecule has 0 radical (unpaired) electrons. The average Bonchev–Trinajstić information content (AvgIpc) is 2.28. The van der Waals surface area contributed by atoms with Crippen molar-refractivity contribution in [2.75, 3.05) is 7.11 Å². The fourth-order valence-corrected chi connectivity index (χ4v) is 2.16. The summed E-state index contributed by atoms with van der Waals surface area (Å²) in [4.78, 5) is 22.6. The quantitative estimate of drug-likeness (QED) is 0.544. The first-order chi connectivity index (χ1) is 7.58. The molecule has 90 valence electrons. The van der Waals surface area contributed by atoms with Crippen LogP contribution >= 0.6 is 0 Å². The van der Waals surface area contributed by atoms with Gasteiger partial charge in [-0.25, -0.2) is 4.79 Å². The first kappa shape index (κ1) is 12.9. The van der Waals surface area contributed by atoms with E-state index in [0.717, 1.165) is 38.5 Å². The molecule has 1 atom stereocenters. The maximum Gasteiger partial charge on any atom is 0.330 e. The predicted octanol–water partition coefficient (Wildman–Crippen LogP) is 2.65. The average molecular weight is 224 g/mol. The van der Waals surface area contributed by atoms with Gasteiger partial charge < -0.3 is 4.74 Å². The highest BCUT2D eigenvalue weighted by Crippen LogP contribution is 2.36. The van der Waals surface area contributed by atoms with Crippen LogP contribution in [0.4, 0.5) is 0 Å². The van der Waals surface area contributed by atoms with Gasteiger partial charge in [-0.15, -0.1) is 0 Å². The highest BCUT2D eigenvalue weighted by Gasteiger charge is 2.33. The number of rotatable bonds is 4. The number of hydrogen-bond acceptors (Lipinski definition) is 3. The molecule has 0 saturated heterocycles. The molecule has 1 aliphatic carbocycles. The molecule has 0 amide bonds. The smallest absolute Gasteiger partial charge is 0.330 e. The molecule has 1 rings (SSSR count). The lowest BCUT2D eigenvalue weighted by atomic mass is 9.72. The van der Waals surface area contributed by atoms with Crippen LogP contribution in [0.5, 0.6) is 0 Å². The molecule has 0 N–H and O–H groups in total. The topological polar surface area (TPSA) is 43.4 Å². The first-order valence-electron chi connectivity index (χ1n) is 5.86. The number of methoxy groups -OCH3 is 1. The fraction of sp³-hybridized carbons (Fsp3) is 0.692. The van der Waals surface area contributed by atoms with Crippen molar-refractivity contribution in [1.82, 2.24) is 0 Å². The van der Waals surface area contributed by atoms with Crippen molar-refractivity contribution >= 4 is 11.8 Å². The predicted molar refractivity (Wildman–Crippen MR) is 62.0 cm³/mol. The number of ether oxygens (including phenoxy) is 1. The molecule has 1 fully saturated rings. The van der Waals surface area contributed by atoms with Gasteiger partial charge in [-0.3, -0.25) is 4.79 Å². The van der Waals surface area contributed by atoms with Gasteiger partial charge in [0.25, 0.3) is 0 Å². The molecule has 1 unspecified atom stereocenters. The summed E-state index contributed by atoms with van der Waals surface area (Å²) in [6.07, 6.45) is 8.69. The molecule has 3 nitrogen and oxygen atoms in total. The number of ketones is 1. The first-order valence-corrected chi connectivity index (χ1v) is 5.86. The number of esters is 1. The fourth-order valence-electron chi connectivity index (χ4n) is 2.16. The Hall–Kier alpha value is -1.12. The molecule has 0 aromatic heterocycles. The summed E-state index contributed by atoms with van der Waals surface area (Å²) in [7, 11) is 1.36. The van der Waals surface area contributed by atoms with Crippen LogP contribution in [0.25, 0.3) is 0 Å². The van der Waals surface area contributed by atoms with Gasteiger partial charge in [-0.05, 0) is 25.7 Å². The van der Waals surface area contributed by atoms with E-state index in [9.17, 15) is 9.59 Å². The monoisotopic (exact) mass is 224 g/mol. The Labute approximate surface area is 96.9 Å². The second kappa shape index (κ2) is 5.83. The zero-order chi connectivity index (χ0) is 12.0. The summed E-state index contributed by atoms with van der Waals surface area (Å²) in [5.41, 5.74) is -0.168. The van der Waals surface area contributed by atoms with Crippen molar-refractivity contribution in [3.05, 3.63) is 12.2 Å². The van der Waals surface area contributed by atoms with Crippen molar-refractivity contribution in [1.29, 1.82) is 0 Å². The van der Waals surface area contributed by atoms with Crippen molar-refractivity contribution in [2.45, 2.75) is 45.4 Å². The standard InChI is InChI=1S/C13H20O3/c1-13(9-5-3-7-11(13)14)10-6-4-8-12(15)16-2/h4,8H,3,5-7,9-10H2,1-2H3/b8-4-. The molecule has 3 heteroatoms. The third kappa shape index (κ3) is 3.47. The third-order valence-corrected chi connectivity index (χ3v) is 3.37. The molecule has 1 aliphatic rings. The number of Topliss-reactive ketones (excluding diaryl/α,β-unsaturated/α-hetero) is 1. The minimum absolute atomic E-state index is 0.168. The Morgan fingerprint density at radius 2 is 2.25 bits per heavy atom. The van der Waals surface area contributed by atoms with E-state index < -0.39 is 0 Å². The molecule has 0 aromatic carbocycles. The van der Waals surface area contributed by atoms with Gasteiger partial charge in [0, 0.05) is 17.9 Å². The van der Waals surface area contributed by atoms with E-state index in [1.165, 1.54) is 13.2 Å². The van der Waals surface area contributed by atoms with Crippen molar-refractivity contribution < 1.29 is 14.3 Å². The molecule has 0 bridgehead atoms. The van der Waals surface area contributed by atoms with Crippen LogP contribution in [0.15, 0.2) is 12.2 Å². The van der Waals surface area contributed by atoms with Crippen molar-refractivity contribution in [2.24, 2.45) is 5.41 Å². The van der Waals surface area contributed by atoms with Gasteiger partial charge in [0.05, 0.1) is 7.11 Å². The number of allylic oxidation sites excluding steroid dienone is 1. The maximum absolute atomic E-state index is 11.8. The largest absolute Gasteiger partial charge is 0.466 e. The summed E-state index contributed by atoms with van der Waals surface area (Å²) < 4.78 is 4.50. The van der Waals surface area contributed by atoms with Gasteiger partial charge in [0.2, 0.25) is 0 Å². The highest BCUT2D eigenvalue weighted by atomic mass is 16.5. The summed E-state index contributed by atoms with van der Waals surface area (Å²) in [6.45, 7) is 2.04. The third-order valence-electron chi connectivity index (χ3n) is 3.37. The van der Waals surface area contributed by atoms with E-state index >= 15 is 0 Å². The van der Waals surface area contributed by atoms with E-state index in [2.05, 4.69) is 4.74 Å². The van der Waals surface area contributed by atoms with Gasteiger partial charge in [-0.2, -0.15) is 0 Å². The Morgan fingerprint density at radius 1 is 1.50 bits per heavy atom. The van der Waals surface area contributed by atoms with Crippen molar-refractivity contribution in [3.8, 4) is 0 Å². The Morgan fingerprint density at radius 3 is 2.88 bits per heavy atom. The molecule has 1 saturated carbocycles. The van der Waals surface area contributed by atoms with Crippen LogP contribution in [0.1, 0.15) is 45.4 Å². The van der Waals surface area contributed by atoms with Crippen LogP contribution in [-0.4, -0.2) is 18.9 Å². The number of hydrogen-bond donors (Lipinski definition) is 0. The highest BCUT2D eigenvalue weighted by molar-refractivity contribution is 5.85. The lowest BCUT2D eigenvalue weighted by molar-refractivity contribution is -0.134. The SMILES string of the molecule is COC(=O)/C=C\CCC1(C)CCCCC1=O. The Balaban J connectivity index is 2.38. The molecule has 16 heavy (non-hydrogen) atoms. The van der Waals surface area contributed by atoms with Gasteiger partial charge in [0.15, 0.2) is 0 Å². The molecule has 0 spiro atoms. The molecular formula is C13H20O3. The van der Waals surface area contributed by atoms with Crippen molar-refractivity contribution in [3.63, 3.8) is 0 Å². The lowest BCUT2D eigenvalue weighted by Crippen LogP contribution is -2.30.